The molecule has 118 valence electrons. The molecule has 0 aromatic heterocycles. The SMILES string of the molecule is C=N/C(=C\C=C(/C)NC(=O)OCC)NCc1ccc(F)cc1. The van der Waals surface area contributed by atoms with E-state index in [9.17, 15) is 9.18 Å². The molecule has 5 nitrogen and oxygen atoms in total. The Labute approximate surface area is 129 Å². The van der Waals surface area contributed by atoms with Crippen LogP contribution in [0, 0.1) is 5.82 Å². The van der Waals surface area contributed by atoms with E-state index in [2.05, 4.69) is 22.3 Å². The third-order valence-electron chi connectivity index (χ3n) is 2.62. The van der Waals surface area contributed by atoms with Crippen molar-refractivity contribution in [2.24, 2.45) is 4.99 Å². The average Bonchev–Trinajstić information content (AvgIpc) is 2.49. The van der Waals surface area contributed by atoms with Gasteiger partial charge in [-0.25, -0.2) is 14.2 Å². The zero-order valence-corrected chi connectivity index (χ0v) is 12.7. The van der Waals surface area contributed by atoms with Crippen LogP contribution in [-0.4, -0.2) is 19.4 Å². The van der Waals surface area contributed by atoms with Crippen LogP contribution in [0.15, 0.2) is 52.9 Å². The van der Waals surface area contributed by atoms with E-state index in [0.717, 1.165) is 5.56 Å². The Morgan fingerprint density at radius 1 is 1.36 bits per heavy atom. The van der Waals surface area contributed by atoms with Crippen LogP contribution in [-0.2, 0) is 11.3 Å². The van der Waals surface area contributed by atoms with Crippen LogP contribution in [0.2, 0.25) is 0 Å². The zero-order chi connectivity index (χ0) is 16.4. The molecule has 1 rings (SSSR count). The van der Waals surface area contributed by atoms with Crippen LogP contribution in [0.4, 0.5) is 9.18 Å². The summed E-state index contributed by atoms with van der Waals surface area (Å²) < 4.78 is 17.6. The monoisotopic (exact) mass is 305 g/mol. The molecule has 0 heterocycles. The lowest BCUT2D eigenvalue weighted by molar-refractivity contribution is 0.155. The first kappa shape index (κ1) is 17.4. The van der Waals surface area contributed by atoms with Gasteiger partial charge in [0.25, 0.3) is 0 Å². The maximum atomic E-state index is 12.8. The number of halogens is 1. The third kappa shape index (κ3) is 6.69. The number of hydrogen-bond acceptors (Lipinski definition) is 4. The molecule has 22 heavy (non-hydrogen) atoms. The Hall–Kier alpha value is -2.63. The standard InChI is InChI=1S/C16H20FN3O2/c1-4-22-16(21)20-12(2)5-10-15(18-3)19-11-13-6-8-14(17)9-7-13/h5-10,19H,3-4,11H2,1-2H3,(H,20,21)/b12-5+,15-10+. The predicted octanol–water partition coefficient (Wildman–Crippen LogP) is 3.11. The Morgan fingerprint density at radius 2 is 2.05 bits per heavy atom. The van der Waals surface area contributed by atoms with Crippen LogP contribution in [0.3, 0.4) is 0 Å². The van der Waals surface area contributed by atoms with Crippen molar-refractivity contribution in [1.29, 1.82) is 0 Å². The van der Waals surface area contributed by atoms with Crippen molar-refractivity contribution in [2.75, 3.05) is 6.61 Å². The number of alkyl carbamates (subject to hydrolysis) is 1. The second-order valence-electron chi connectivity index (χ2n) is 4.39. The van der Waals surface area contributed by atoms with Gasteiger partial charge in [-0.15, -0.1) is 0 Å². The van der Waals surface area contributed by atoms with Crippen molar-refractivity contribution in [3.63, 3.8) is 0 Å². The first-order valence-electron chi connectivity index (χ1n) is 6.82. The number of rotatable bonds is 7. The fourth-order valence-electron chi connectivity index (χ4n) is 1.54. The summed E-state index contributed by atoms with van der Waals surface area (Å²) in [6, 6.07) is 6.17. The maximum absolute atomic E-state index is 12.8. The van der Waals surface area contributed by atoms with E-state index in [1.165, 1.54) is 12.1 Å². The summed E-state index contributed by atoms with van der Waals surface area (Å²) >= 11 is 0. The highest BCUT2D eigenvalue weighted by Gasteiger charge is 1.99. The number of amides is 1. The van der Waals surface area contributed by atoms with E-state index in [4.69, 9.17) is 4.74 Å². The average molecular weight is 305 g/mol. The van der Waals surface area contributed by atoms with Gasteiger partial charge in [-0.1, -0.05) is 12.1 Å². The summed E-state index contributed by atoms with van der Waals surface area (Å²) in [5.41, 5.74) is 1.53. The largest absolute Gasteiger partial charge is 0.450 e. The number of nitrogens with one attached hydrogen (secondary N) is 2. The van der Waals surface area contributed by atoms with Crippen molar-refractivity contribution in [2.45, 2.75) is 20.4 Å². The molecule has 1 aromatic rings. The summed E-state index contributed by atoms with van der Waals surface area (Å²) in [4.78, 5) is 15.1. The molecule has 0 atom stereocenters. The molecule has 2 N–H and O–H groups in total. The van der Waals surface area contributed by atoms with Crippen molar-refractivity contribution in [3.8, 4) is 0 Å². The summed E-state index contributed by atoms with van der Waals surface area (Å²) in [6.07, 6.45) is 2.86. The van der Waals surface area contributed by atoms with Crippen LogP contribution in [0.25, 0.3) is 0 Å². The quantitative estimate of drug-likeness (QED) is 0.601. The van der Waals surface area contributed by atoms with Gasteiger partial charge in [0.15, 0.2) is 0 Å². The number of carbonyl (C=O) groups is 1. The lowest BCUT2D eigenvalue weighted by atomic mass is 10.2. The molecular formula is C16H20FN3O2. The molecule has 6 heteroatoms. The highest BCUT2D eigenvalue weighted by atomic mass is 19.1. The number of ether oxygens (including phenoxy) is 1. The van der Waals surface area contributed by atoms with Crippen molar-refractivity contribution < 1.29 is 13.9 Å². The van der Waals surface area contributed by atoms with Gasteiger partial charge in [0, 0.05) is 12.2 Å². The zero-order valence-electron chi connectivity index (χ0n) is 12.7. The highest BCUT2D eigenvalue weighted by Crippen LogP contribution is 2.04. The van der Waals surface area contributed by atoms with Gasteiger partial charge in [0.05, 0.1) is 6.61 Å². The Bertz CT molecular complexity index is 565. The Morgan fingerprint density at radius 3 is 2.64 bits per heavy atom. The first-order chi connectivity index (χ1) is 10.5. The third-order valence-corrected chi connectivity index (χ3v) is 2.62. The second-order valence-corrected chi connectivity index (χ2v) is 4.39. The fourth-order valence-corrected chi connectivity index (χ4v) is 1.54. The minimum atomic E-state index is -0.503. The first-order valence-corrected chi connectivity index (χ1v) is 6.82. The molecule has 0 aliphatic heterocycles. The normalized spacial score (nSPS) is 11.8. The molecule has 0 unspecified atom stereocenters. The van der Waals surface area contributed by atoms with Gasteiger partial charge in [0.1, 0.15) is 11.6 Å². The van der Waals surface area contributed by atoms with E-state index in [0.29, 0.717) is 24.7 Å². The molecule has 0 radical (unpaired) electrons. The van der Waals surface area contributed by atoms with Crippen LogP contribution < -0.4 is 10.6 Å². The molecule has 0 saturated carbocycles. The number of hydrogen-bond donors (Lipinski definition) is 2. The van der Waals surface area contributed by atoms with Gasteiger partial charge < -0.3 is 10.1 Å². The number of nitrogens with zero attached hydrogens (tertiary/aromatic N) is 1. The maximum Gasteiger partial charge on any atom is 0.411 e. The number of carbonyl (C=O) groups excluding carboxylic acids is 1. The lowest BCUT2D eigenvalue weighted by Gasteiger charge is -2.07. The fraction of sp³-hybridized carbons (Fsp3) is 0.250. The molecule has 0 aliphatic carbocycles. The number of benzene rings is 1. The molecule has 0 bridgehead atoms. The van der Waals surface area contributed by atoms with E-state index in [-0.39, 0.29) is 5.82 Å². The smallest absolute Gasteiger partial charge is 0.411 e. The van der Waals surface area contributed by atoms with E-state index >= 15 is 0 Å². The summed E-state index contributed by atoms with van der Waals surface area (Å²) in [7, 11) is 0. The van der Waals surface area contributed by atoms with Crippen molar-refractivity contribution >= 4 is 12.8 Å². The molecule has 0 fully saturated rings. The van der Waals surface area contributed by atoms with Gasteiger partial charge in [0.2, 0.25) is 0 Å². The summed E-state index contributed by atoms with van der Waals surface area (Å²) in [5.74, 6) is 0.263. The minimum absolute atomic E-state index is 0.273. The van der Waals surface area contributed by atoms with E-state index in [1.54, 1.807) is 38.1 Å². The molecule has 0 spiro atoms. The summed E-state index contributed by atoms with van der Waals surface area (Å²) in [5, 5.41) is 5.62. The topological polar surface area (TPSA) is 62.7 Å². The summed E-state index contributed by atoms with van der Waals surface area (Å²) in [6.45, 7) is 7.74. The van der Waals surface area contributed by atoms with Crippen molar-refractivity contribution in [3.05, 3.63) is 59.3 Å². The Balaban J connectivity index is 2.57. The Kier molecular flexibility index (Phi) is 7.39. The molecule has 0 aliphatic rings. The number of aliphatic imine (C=N–C) groups is 1. The van der Waals surface area contributed by atoms with E-state index in [1.807, 2.05) is 0 Å². The lowest BCUT2D eigenvalue weighted by Crippen LogP contribution is -2.22. The highest BCUT2D eigenvalue weighted by molar-refractivity contribution is 5.69. The van der Waals surface area contributed by atoms with Crippen molar-refractivity contribution in [1.82, 2.24) is 10.6 Å². The van der Waals surface area contributed by atoms with Gasteiger partial charge >= 0.3 is 6.09 Å². The molecule has 0 saturated heterocycles. The van der Waals surface area contributed by atoms with E-state index < -0.39 is 6.09 Å². The van der Waals surface area contributed by atoms with Crippen LogP contribution in [0.1, 0.15) is 19.4 Å². The second kappa shape index (κ2) is 9.33. The minimum Gasteiger partial charge on any atom is -0.450 e. The van der Waals surface area contributed by atoms with Gasteiger partial charge in [-0.3, -0.25) is 5.32 Å². The van der Waals surface area contributed by atoms with Crippen LogP contribution >= 0.6 is 0 Å². The number of allylic oxidation sites excluding steroid dienone is 3. The predicted molar refractivity (Wildman–Crippen MR) is 84.8 cm³/mol. The van der Waals surface area contributed by atoms with Gasteiger partial charge in [-0.05, 0) is 50.4 Å². The van der Waals surface area contributed by atoms with Gasteiger partial charge in [-0.2, -0.15) is 0 Å². The molecule has 1 aromatic carbocycles. The molecule has 1 amide bonds. The molecular weight excluding hydrogens is 285 g/mol. The van der Waals surface area contributed by atoms with Crippen LogP contribution in [0.5, 0.6) is 0 Å².